The van der Waals surface area contributed by atoms with E-state index in [1.54, 1.807) is 51.4 Å². The lowest BCUT2D eigenvalue weighted by atomic mass is 10.1. The van der Waals surface area contributed by atoms with E-state index in [0.717, 1.165) is 24.1 Å². The zero-order valence-electron chi connectivity index (χ0n) is 23.0. The number of aromatic nitrogens is 2. The number of rotatable bonds is 8. The van der Waals surface area contributed by atoms with Gasteiger partial charge in [0.2, 0.25) is 0 Å². The van der Waals surface area contributed by atoms with E-state index in [1.165, 1.54) is 23.2 Å². The van der Waals surface area contributed by atoms with Crippen molar-refractivity contribution in [2.45, 2.75) is 58.0 Å². The van der Waals surface area contributed by atoms with Crippen LogP contribution in [0.5, 0.6) is 5.75 Å². The quantitative estimate of drug-likeness (QED) is 0.335. The van der Waals surface area contributed by atoms with Crippen LogP contribution in [0.1, 0.15) is 55.1 Å². The van der Waals surface area contributed by atoms with Crippen LogP contribution < -0.4 is 15.4 Å². The molecule has 1 aliphatic heterocycles. The minimum absolute atomic E-state index is 0.0282. The maximum atomic E-state index is 13.7. The van der Waals surface area contributed by atoms with Gasteiger partial charge in [0.15, 0.2) is 0 Å². The minimum Gasteiger partial charge on any atom is -0.491 e. The second kappa shape index (κ2) is 12.4. The predicted molar refractivity (Wildman–Crippen MR) is 147 cm³/mol. The van der Waals surface area contributed by atoms with Gasteiger partial charge in [-0.2, -0.15) is 13.2 Å². The van der Waals surface area contributed by atoms with Crippen molar-refractivity contribution in [1.29, 1.82) is 0 Å². The first-order valence-electron chi connectivity index (χ1n) is 13.1. The monoisotopic (exact) mass is 571 g/mol. The Kier molecular flexibility index (Phi) is 8.99. The number of alkyl halides is 3. The summed E-state index contributed by atoms with van der Waals surface area (Å²) in [5.74, 6) is -0.463. The summed E-state index contributed by atoms with van der Waals surface area (Å²) in [5, 5.41) is 5.61. The van der Waals surface area contributed by atoms with Gasteiger partial charge in [0.25, 0.3) is 5.91 Å². The van der Waals surface area contributed by atoms with Gasteiger partial charge in [-0.1, -0.05) is 0 Å². The van der Waals surface area contributed by atoms with E-state index >= 15 is 0 Å². The van der Waals surface area contributed by atoms with Gasteiger partial charge in [0, 0.05) is 43.4 Å². The molecule has 12 heteroatoms. The van der Waals surface area contributed by atoms with Crippen LogP contribution in [0.2, 0.25) is 0 Å². The normalized spacial score (nSPS) is 15.4. The first kappa shape index (κ1) is 29.6. The van der Waals surface area contributed by atoms with Crippen LogP contribution in [-0.4, -0.2) is 51.7 Å². The Morgan fingerprint density at radius 3 is 2.54 bits per heavy atom. The highest BCUT2D eigenvalue weighted by atomic mass is 19.4. The molecule has 1 fully saturated rings. The number of amides is 2. The van der Waals surface area contributed by atoms with Crippen molar-refractivity contribution in [3.05, 3.63) is 77.7 Å². The molecule has 2 N–H and O–H groups in total. The maximum absolute atomic E-state index is 13.7. The topological polar surface area (TPSA) is 106 Å². The lowest BCUT2D eigenvalue weighted by molar-refractivity contribution is -0.137. The zero-order valence-corrected chi connectivity index (χ0v) is 23.0. The largest absolute Gasteiger partial charge is 0.491 e. The third-order valence-electron chi connectivity index (χ3n) is 6.20. The highest BCUT2D eigenvalue weighted by molar-refractivity contribution is 6.07. The van der Waals surface area contributed by atoms with Crippen LogP contribution in [0.3, 0.4) is 0 Å². The van der Waals surface area contributed by atoms with Crippen molar-refractivity contribution >= 4 is 23.5 Å². The number of hydrogen-bond donors (Lipinski definition) is 2. The number of nitrogens with one attached hydrogen (secondary N) is 2. The summed E-state index contributed by atoms with van der Waals surface area (Å²) in [5.41, 5.74) is -0.700. The van der Waals surface area contributed by atoms with Gasteiger partial charge < -0.3 is 25.0 Å². The zero-order chi connectivity index (χ0) is 29.6. The Labute approximate surface area is 236 Å². The predicted octanol–water partition coefficient (Wildman–Crippen LogP) is 6.14. The smallest absolute Gasteiger partial charge is 0.416 e. The molecule has 1 atom stereocenters. The third-order valence-corrected chi connectivity index (χ3v) is 6.20. The molecular weight excluding hydrogens is 539 g/mol. The number of nitrogens with zero attached hydrogens (tertiary/aromatic N) is 3. The third kappa shape index (κ3) is 8.32. The van der Waals surface area contributed by atoms with Crippen molar-refractivity contribution in [3.8, 4) is 5.75 Å². The molecule has 0 bridgehead atoms. The average Bonchev–Trinajstić information content (AvgIpc) is 3.39. The number of benzene rings is 1. The number of halogens is 3. The molecule has 2 aromatic heterocycles. The summed E-state index contributed by atoms with van der Waals surface area (Å²) in [6.07, 6.45) is 0.949. The molecule has 0 spiro atoms. The molecule has 41 heavy (non-hydrogen) atoms. The highest BCUT2D eigenvalue weighted by Crippen LogP contribution is 2.35. The summed E-state index contributed by atoms with van der Waals surface area (Å²) in [6.45, 7) is 6.08. The summed E-state index contributed by atoms with van der Waals surface area (Å²) < 4.78 is 52.4. The molecule has 0 saturated carbocycles. The van der Waals surface area contributed by atoms with Gasteiger partial charge in [0.1, 0.15) is 23.8 Å². The molecule has 0 radical (unpaired) electrons. The second-order valence-electron chi connectivity index (χ2n) is 10.6. The number of ether oxygens (including phenoxy) is 2. The number of anilines is 2. The van der Waals surface area contributed by atoms with E-state index in [-0.39, 0.29) is 35.5 Å². The second-order valence-corrected chi connectivity index (χ2v) is 10.6. The Morgan fingerprint density at radius 2 is 1.83 bits per heavy atom. The highest BCUT2D eigenvalue weighted by Gasteiger charge is 2.34. The molecule has 0 aliphatic carbocycles. The molecule has 2 amide bonds. The van der Waals surface area contributed by atoms with Gasteiger partial charge in [-0.15, -0.1) is 0 Å². The van der Waals surface area contributed by atoms with Gasteiger partial charge >= 0.3 is 12.3 Å². The Balaban J connectivity index is 1.49. The summed E-state index contributed by atoms with van der Waals surface area (Å²) in [6, 6.07) is 9.36. The van der Waals surface area contributed by atoms with Crippen molar-refractivity contribution < 1.29 is 32.2 Å². The van der Waals surface area contributed by atoms with E-state index in [9.17, 15) is 22.8 Å². The standard InChI is InChI=1S/C29H32F3N5O4/c1-28(2,3)41-27(39)37-13-5-6-22(37)18-40-23-15-20(29(30,31)32)14-21(16-23)36-26(38)24-7-4-10-34-25(24)35-17-19-8-11-33-12-9-19/h4,7-12,14-16,22H,5-6,13,17-18H2,1-3H3,(H,34,35)(H,36,38). The summed E-state index contributed by atoms with van der Waals surface area (Å²) >= 11 is 0. The van der Waals surface area contributed by atoms with Crippen LogP contribution in [0.15, 0.2) is 61.1 Å². The van der Waals surface area contributed by atoms with Crippen LogP contribution >= 0.6 is 0 Å². The van der Waals surface area contributed by atoms with E-state index in [0.29, 0.717) is 19.5 Å². The van der Waals surface area contributed by atoms with Gasteiger partial charge in [-0.05, 0) is 75.6 Å². The Morgan fingerprint density at radius 1 is 1.07 bits per heavy atom. The molecule has 4 rings (SSSR count). The molecule has 218 valence electrons. The van der Waals surface area contributed by atoms with Crippen molar-refractivity contribution in [2.24, 2.45) is 0 Å². The van der Waals surface area contributed by atoms with Crippen LogP contribution in [0, 0.1) is 0 Å². The maximum Gasteiger partial charge on any atom is 0.416 e. The molecule has 3 aromatic rings. The molecule has 1 aromatic carbocycles. The van der Waals surface area contributed by atoms with Gasteiger partial charge in [-0.25, -0.2) is 9.78 Å². The van der Waals surface area contributed by atoms with Crippen LogP contribution in [-0.2, 0) is 17.5 Å². The molecule has 1 aliphatic rings. The van der Waals surface area contributed by atoms with E-state index in [4.69, 9.17) is 9.47 Å². The lowest BCUT2D eigenvalue weighted by Gasteiger charge is -2.28. The fourth-order valence-corrected chi connectivity index (χ4v) is 4.29. The number of carbonyl (C=O) groups excluding carboxylic acids is 2. The fourth-order valence-electron chi connectivity index (χ4n) is 4.29. The van der Waals surface area contributed by atoms with Crippen LogP contribution in [0.4, 0.5) is 29.5 Å². The fraction of sp³-hybridized carbons (Fsp3) is 0.379. The minimum atomic E-state index is -4.68. The number of pyridine rings is 2. The molecule has 1 saturated heterocycles. The van der Waals surface area contributed by atoms with Crippen molar-refractivity contribution in [3.63, 3.8) is 0 Å². The Hall–Kier alpha value is -4.35. The summed E-state index contributed by atoms with van der Waals surface area (Å²) in [4.78, 5) is 35.4. The number of likely N-dealkylation sites (tertiary alicyclic amines) is 1. The van der Waals surface area contributed by atoms with Crippen molar-refractivity contribution in [1.82, 2.24) is 14.9 Å². The summed E-state index contributed by atoms with van der Waals surface area (Å²) in [7, 11) is 0. The lowest BCUT2D eigenvalue weighted by Crippen LogP contribution is -2.42. The van der Waals surface area contributed by atoms with Crippen molar-refractivity contribution in [2.75, 3.05) is 23.8 Å². The van der Waals surface area contributed by atoms with Gasteiger partial charge in [-0.3, -0.25) is 9.78 Å². The average molecular weight is 572 g/mol. The van der Waals surface area contributed by atoms with E-state index < -0.39 is 29.3 Å². The van der Waals surface area contributed by atoms with Crippen LogP contribution in [0.25, 0.3) is 0 Å². The van der Waals surface area contributed by atoms with Gasteiger partial charge in [0.05, 0.1) is 17.2 Å². The molecule has 9 nitrogen and oxygen atoms in total. The molecule has 3 heterocycles. The SMILES string of the molecule is CC(C)(C)OC(=O)N1CCCC1COc1cc(NC(=O)c2cccnc2NCc2ccncc2)cc(C(F)(F)F)c1. The molecule has 1 unspecified atom stereocenters. The first-order chi connectivity index (χ1) is 19.4. The first-order valence-corrected chi connectivity index (χ1v) is 13.1. The Bertz CT molecular complexity index is 1360. The van der Waals surface area contributed by atoms with E-state index in [2.05, 4.69) is 20.6 Å². The number of carbonyl (C=O) groups is 2. The molecular formula is C29H32F3N5O4. The van der Waals surface area contributed by atoms with E-state index in [1.807, 2.05) is 0 Å². The number of hydrogen-bond acceptors (Lipinski definition) is 7.